The average molecular weight is 447 g/mol. The first-order valence-corrected chi connectivity index (χ1v) is 10.4. The zero-order valence-electron chi connectivity index (χ0n) is 17.3. The monoisotopic (exact) mass is 447 g/mol. The van der Waals surface area contributed by atoms with Crippen LogP contribution in [-0.2, 0) is 6.54 Å². The molecule has 5 rings (SSSR count). The highest BCUT2D eigenvalue weighted by Gasteiger charge is 2.38. The summed E-state index contributed by atoms with van der Waals surface area (Å²) in [6.45, 7) is 0.296. The highest BCUT2D eigenvalue weighted by molar-refractivity contribution is 5.99. The van der Waals surface area contributed by atoms with Crippen molar-refractivity contribution in [2.24, 2.45) is 0 Å². The number of benzene rings is 3. The largest absolute Gasteiger partial charge is 0.415 e. The second kappa shape index (κ2) is 8.55. The normalized spacial score (nSPS) is 15.0. The van der Waals surface area contributed by atoms with Crippen molar-refractivity contribution in [2.45, 2.75) is 25.1 Å². The molecule has 1 aromatic heterocycles. The molecular formula is C25H19F2N3O3. The number of carbonyl (C=O) groups is 1. The molecule has 6 nitrogen and oxygen atoms in total. The van der Waals surface area contributed by atoms with Gasteiger partial charge in [0.2, 0.25) is 5.89 Å². The van der Waals surface area contributed by atoms with Crippen LogP contribution >= 0.6 is 0 Å². The summed E-state index contributed by atoms with van der Waals surface area (Å²) in [5, 5.41) is 18.3. The number of fused-ring (bicyclic) bond motifs is 1. The first-order valence-electron chi connectivity index (χ1n) is 10.4. The molecule has 2 atom stereocenters. The number of nitrogens with zero attached hydrogens (tertiary/aromatic N) is 3. The van der Waals surface area contributed by atoms with E-state index in [2.05, 4.69) is 10.2 Å². The molecule has 0 saturated heterocycles. The first-order chi connectivity index (χ1) is 16.0. The fourth-order valence-corrected chi connectivity index (χ4v) is 4.14. The number of alkyl halides is 2. The molecule has 0 fully saturated rings. The van der Waals surface area contributed by atoms with Gasteiger partial charge in [-0.2, -0.15) is 8.78 Å². The van der Waals surface area contributed by atoms with Crippen LogP contribution in [-0.4, -0.2) is 26.1 Å². The van der Waals surface area contributed by atoms with Gasteiger partial charge in [-0.3, -0.25) is 4.79 Å². The summed E-state index contributed by atoms with van der Waals surface area (Å²) in [7, 11) is 0. The van der Waals surface area contributed by atoms with E-state index in [1.54, 1.807) is 23.1 Å². The van der Waals surface area contributed by atoms with E-state index >= 15 is 0 Å². The van der Waals surface area contributed by atoms with Crippen molar-refractivity contribution in [1.82, 2.24) is 15.1 Å². The van der Waals surface area contributed by atoms with Crippen molar-refractivity contribution in [3.05, 3.63) is 107 Å². The fraction of sp³-hybridized carbons (Fsp3) is 0.160. The van der Waals surface area contributed by atoms with Gasteiger partial charge in [-0.1, -0.05) is 66.7 Å². The number of amides is 1. The van der Waals surface area contributed by atoms with E-state index in [4.69, 9.17) is 4.42 Å². The summed E-state index contributed by atoms with van der Waals surface area (Å²) in [4.78, 5) is 15.1. The lowest BCUT2D eigenvalue weighted by Crippen LogP contribution is -2.33. The summed E-state index contributed by atoms with van der Waals surface area (Å²) >= 11 is 0. The summed E-state index contributed by atoms with van der Waals surface area (Å²) in [5.74, 6) is -1.12. The SMILES string of the molecule is O=C1c2cc(-c3nnc(C(F)F)o3)ccc2CN1[C@H](c1ccccc1)[C@H](O)c1ccccc1. The van der Waals surface area contributed by atoms with Crippen LogP contribution in [0.3, 0.4) is 0 Å². The smallest absolute Gasteiger partial charge is 0.314 e. The van der Waals surface area contributed by atoms with Gasteiger partial charge in [0, 0.05) is 17.7 Å². The van der Waals surface area contributed by atoms with E-state index in [9.17, 15) is 18.7 Å². The van der Waals surface area contributed by atoms with Crippen LogP contribution in [0.4, 0.5) is 8.78 Å². The molecular weight excluding hydrogens is 428 g/mol. The lowest BCUT2D eigenvalue weighted by Gasteiger charge is -2.32. The van der Waals surface area contributed by atoms with Gasteiger partial charge < -0.3 is 14.4 Å². The maximum absolute atomic E-state index is 13.5. The Labute approximate surface area is 188 Å². The molecule has 1 N–H and O–H groups in total. The van der Waals surface area contributed by atoms with Crippen LogP contribution in [0.1, 0.15) is 51.5 Å². The third-order valence-electron chi connectivity index (χ3n) is 5.73. The quantitative estimate of drug-likeness (QED) is 0.445. The van der Waals surface area contributed by atoms with Crippen LogP contribution in [0.5, 0.6) is 0 Å². The highest BCUT2D eigenvalue weighted by atomic mass is 19.3. The van der Waals surface area contributed by atoms with Crippen LogP contribution in [0.2, 0.25) is 0 Å². The van der Waals surface area contributed by atoms with Crippen molar-refractivity contribution < 1.29 is 23.1 Å². The van der Waals surface area contributed by atoms with Gasteiger partial charge in [-0.05, 0) is 28.8 Å². The number of hydrogen-bond acceptors (Lipinski definition) is 5. The van der Waals surface area contributed by atoms with E-state index in [0.717, 1.165) is 11.1 Å². The minimum atomic E-state index is -2.87. The topological polar surface area (TPSA) is 79.5 Å². The minimum absolute atomic E-state index is 0.0803. The number of aliphatic hydroxyl groups is 1. The zero-order valence-corrected chi connectivity index (χ0v) is 17.3. The minimum Gasteiger partial charge on any atom is -0.415 e. The maximum Gasteiger partial charge on any atom is 0.314 e. The van der Waals surface area contributed by atoms with E-state index in [1.165, 1.54) is 0 Å². The molecule has 1 aliphatic rings. The van der Waals surface area contributed by atoms with Gasteiger partial charge in [0.05, 0.1) is 6.04 Å². The molecule has 0 radical (unpaired) electrons. The molecule has 0 unspecified atom stereocenters. The molecule has 8 heteroatoms. The number of hydrogen-bond donors (Lipinski definition) is 1. The predicted molar refractivity (Wildman–Crippen MR) is 115 cm³/mol. The van der Waals surface area contributed by atoms with Crippen LogP contribution in [0.25, 0.3) is 11.5 Å². The summed E-state index contributed by atoms with van der Waals surface area (Å²) in [6.07, 6.45) is -3.82. The maximum atomic E-state index is 13.5. The van der Waals surface area contributed by atoms with Crippen molar-refractivity contribution in [1.29, 1.82) is 0 Å². The number of rotatable bonds is 6. The Morgan fingerprint density at radius 3 is 2.21 bits per heavy atom. The molecule has 1 amide bonds. The molecule has 33 heavy (non-hydrogen) atoms. The molecule has 3 aromatic carbocycles. The second-order valence-corrected chi connectivity index (χ2v) is 7.76. The predicted octanol–water partition coefficient (Wildman–Crippen LogP) is 5.10. The van der Waals surface area contributed by atoms with Crippen LogP contribution in [0.15, 0.2) is 83.3 Å². The molecule has 1 aliphatic heterocycles. The van der Waals surface area contributed by atoms with E-state index in [1.807, 2.05) is 60.7 Å². The standard InChI is InChI=1S/C25H19F2N3O3/c26-22(27)24-29-28-23(33-24)17-11-12-18-14-30(25(32)19(18)13-17)20(15-7-3-1-4-8-15)21(31)16-9-5-2-6-10-16/h1-13,20-22,31H,14H2/t20-,21-/m1/s1. The summed E-state index contributed by atoms with van der Waals surface area (Å²) in [5.41, 5.74) is 3.04. The first kappa shape index (κ1) is 21.0. The molecule has 2 heterocycles. The Bertz CT molecular complexity index is 1280. The van der Waals surface area contributed by atoms with Crippen molar-refractivity contribution in [3.63, 3.8) is 0 Å². The molecule has 4 aromatic rings. The molecule has 0 saturated carbocycles. The van der Waals surface area contributed by atoms with Gasteiger partial charge in [-0.15, -0.1) is 10.2 Å². The van der Waals surface area contributed by atoms with E-state index < -0.39 is 24.5 Å². The summed E-state index contributed by atoms with van der Waals surface area (Å²) in [6, 6.07) is 22.9. The van der Waals surface area contributed by atoms with E-state index in [0.29, 0.717) is 23.2 Å². The highest BCUT2D eigenvalue weighted by Crippen LogP contribution is 2.40. The van der Waals surface area contributed by atoms with Gasteiger partial charge in [0.25, 0.3) is 11.8 Å². The third kappa shape index (κ3) is 3.89. The van der Waals surface area contributed by atoms with E-state index in [-0.39, 0.29) is 11.8 Å². The van der Waals surface area contributed by atoms with Gasteiger partial charge in [0.1, 0.15) is 6.10 Å². The molecule has 0 aliphatic carbocycles. The molecule has 0 spiro atoms. The Hall–Kier alpha value is -3.91. The number of carbonyl (C=O) groups excluding carboxylic acids is 1. The molecule has 0 bridgehead atoms. The van der Waals surface area contributed by atoms with Gasteiger partial charge in [-0.25, -0.2) is 0 Å². The Morgan fingerprint density at radius 2 is 1.58 bits per heavy atom. The number of aromatic nitrogens is 2. The van der Waals surface area contributed by atoms with Crippen LogP contribution in [0, 0.1) is 0 Å². The second-order valence-electron chi connectivity index (χ2n) is 7.76. The van der Waals surface area contributed by atoms with Gasteiger partial charge >= 0.3 is 6.43 Å². The van der Waals surface area contributed by atoms with Crippen molar-refractivity contribution in [3.8, 4) is 11.5 Å². The van der Waals surface area contributed by atoms with Crippen molar-refractivity contribution >= 4 is 5.91 Å². The lowest BCUT2D eigenvalue weighted by atomic mass is 9.94. The Kier molecular flexibility index (Phi) is 5.43. The number of halogens is 2. The van der Waals surface area contributed by atoms with Gasteiger partial charge in [0.15, 0.2) is 0 Å². The fourth-order valence-electron chi connectivity index (χ4n) is 4.14. The third-order valence-corrected chi connectivity index (χ3v) is 5.73. The number of aliphatic hydroxyl groups excluding tert-OH is 1. The lowest BCUT2D eigenvalue weighted by molar-refractivity contribution is 0.0360. The average Bonchev–Trinajstić information content (AvgIpc) is 3.46. The summed E-state index contributed by atoms with van der Waals surface area (Å²) < 4.78 is 30.7. The molecule has 166 valence electrons. The Balaban J connectivity index is 1.50. The van der Waals surface area contributed by atoms with Crippen molar-refractivity contribution in [2.75, 3.05) is 0 Å². The zero-order chi connectivity index (χ0) is 22.9. The Morgan fingerprint density at radius 1 is 0.909 bits per heavy atom. The van der Waals surface area contributed by atoms with Crippen LogP contribution < -0.4 is 0 Å².